The molecule has 0 saturated carbocycles. The van der Waals surface area contributed by atoms with Crippen LogP contribution in [0.2, 0.25) is 0 Å². The third-order valence-electron chi connectivity index (χ3n) is 6.31. The lowest BCUT2D eigenvalue weighted by molar-refractivity contribution is -0.232. The van der Waals surface area contributed by atoms with Crippen LogP contribution in [0.4, 0.5) is 0 Å². The van der Waals surface area contributed by atoms with Crippen LogP contribution in [0.3, 0.4) is 0 Å². The number of hydrogen-bond acceptors (Lipinski definition) is 3. The molecule has 0 aliphatic heterocycles. The van der Waals surface area contributed by atoms with Gasteiger partial charge >= 0.3 is 0 Å². The molecule has 208 valence electrons. The third kappa shape index (κ3) is 27.7. The molecule has 0 bridgehead atoms. The molecule has 0 spiro atoms. The SMILES string of the molecule is COC(CCC=CCCCCCCCCCI)OC(CCC=CCCCCCCCCCI)OC. The summed E-state index contributed by atoms with van der Waals surface area (Å²) in [4.78, 5) is 0. The van der Waals surface area contributed by atoms with Crippen molar-refractivity contribution in [2.75, 3.05) is 23.1 Å². The Morgan fingerprint density at radius 3 is 1.11 bits per heavy atom. The smallest absolute Gasteiger partial charge is 0.160 e. The predicted octanol–water partition coefficient (Wildman–Crippen LogP) is 10.7. The summed E-state index contributed by atoms with van der Waals surface area (Å²) in [5.41, 5.74) is 0. The Balaban J connectivity index is 3.72. The fourth-order valence-electron chi connectivity index (χ4n) is 4.07. The van der Waals surface area contributed by atoms with Crippen molar-refractivity contribution in [1.29, 1.82) is 0 Å². The Morgan fingerprint density at radius 2 is 0.771 bits per heavy atom. The van der Waals surface area contributed by atoms with Crippen LogP contribution < -0.4 is 0 Å². The number of unbranched alkanes of at least 4 members (excludes halogenated alkanes) is 14. The molecule has 0 aromatic rings. The molecule has 0 aromatic carbocycles. The van der Waals surface area contributed by atoms with E-state index in [0.29, 0.717) is 0 Å². The summed E-state index contributed by atoms with van der Waals surface area (Å²) in [5.74, 6) is 0. The largest absolute Gasteiger partial charge is 0.356 e. The normalized spacial score (nSPS) is 13.8. The van der Waals surface area contributed by atoms with E-state index < -0.39 is 0 Å². The van der Waals surface area contributed by atoms with Crippen molar-refractivity contribution in [3.63, 3.8) is 0 Å². The fourth-order valence-corrected chi connectivity index (χ4v) is 5.15. The van der Waals surface area contributed by atoms with Gasteiger partial charge in [-0.05, 0) is 60.2 Å². The minimum atomic E-state index is -0.201. The topological polar surface area (TPSA) is 27.7 Å². The van der Waals surface area contributed by atoms with Gasteiger partial charge in [0.2, 0.25) is 0 Å². The van der Waals surface area contributed by atoms with Crippen molar-refractivity contribution in [2.45, 2.75) is 141 Å². The number of rotatable bonds is 28. The molecule has 0 radical (unpaired) electrons. The predicted molar refractivity (Wildman–Crippen MR) is 171 cm³/mol. The van der Waals surface area contributed by atoms with E-state index in [1.807, 2.05) is 0 Å². The molecule has 35 heavy (non-hydrogen) atoms. The van der Waals surface area contributed by atoms with Crippen LogP contribution in [-0.2, 0) is 14.2 Å². The summed E-state index contributed by atoms with van der Waals surface area (Å²) < 4.78 is 19.7. The highest BCUT2D eigenvalue weighted by Gasteiger charge is 2.14. The van der Waals surface area contributed by atoms with Gasteiger partial charge in [0.25, 0.3) is 0 Å². The quantitative estimate of drug-likeness (QED) is 0.0265. The zero-order chi connectivity index (χ0) is 25.7. The zero-order valence-corrected chi connectivity index (χ0v) is 27.3. The highest BCUT2D eigenvalue weighted by Crippen LogP contribution is 2.14. The summed E-state index contributed by atoms with van der Waals surface area (Å²) in [6.07, 6.45) is 34.3. The van der Waals surface area contributed by atoms with Crippen LogP contribution >= 0.6 is 45.2 Å². The monoisotopic (exact) mass is 718 g/mol. The van der Waals surface area contributed by atoms with E-state index in [1.54, 1.807) is 14.2 Å². The van der Waals surface area contributed by atoms with E-state index in [1.165, 1.54) is 112 Å². The van der Waals surface area contributed by atoms with E-state index in [0.717, 1.165) is 25.7 Å². The minimum Gasteiger partial charge on any atom is -0.356 e. The second-order valence-electron chi connectivity index (χ2n) is 9.47. The number of halogens is 2. The van der Waals surface area contributed by atoms with Crippen molar-refractivity contribution >= 4 is 45.2 Å². The second-order valence-corrected chi connectivity index (χ2v) is 11.6. The molecule has 3 nitrogen and oxygen atoms in total. The maximum absolute atomic E-state index is 6.04. The van der Waals surface area contributed by atoms with Gasteiger partial charge in [0.05, 0.1) is 0 Å². The standard InChI is InChI=1S/C30H56I2O3/c1-33-29(25-21-17-13-9-5-3-7-11-15-19-23-27-31)35-30(34-2)26-22-18-14-10-6-4-8-12-16-20-24-28-32/h13-14,17-18,29-30H,3-12,15-16,19-28H2,1-2H3. The summed E-state index contributed by atoms with van der Waals surface area (Å²) in [6, 6.07) is 0. The first-order valence-corrected chi connectivity index (χ1v) is 17.5. The van der Waals surface area contributed by atoms with Gasteiger partial charge < -0.3 is 14.2 Å². The molecule has 0 fully saturated rings. The van der Waals surface area contributed by atoms with Gasteiger partial charge in [-0.2, -0.15) is 0 Å². The Hall–Kier alpha value is 0.820. The Bertz CT molecular complexity index is 417. The van der Waals surface area contributed by atoms with Crippen LogP contribution in [0, 0.1) is 0 Å². The number of ether oxygens (including phenoxy) is 3. The van der Waals surface area contributed by atoms with E-state index in [-0.39, 0.29) is 12.6 Å². The van der Waals surface area contributed by atoms with Gasteiger partial charge in [-0.25, -0.2) is 0 Å². The lowest BCUT2D eigenvalue weighted by atomic mass is 10.1. The average Bonchev–Trinajstić information content (AvgIpc) is 2.88. The van der Waals surface area contributed by atoms with E-state index >= 15 is 0 Å². The van der Waals surface area contributed by atoms with Crippen LogP contribution in [-0.4, -0.2) is 35.7 Å². The number of allylic oxidation sites excluding steroid dienone is 4. The highest BCUT2D eigenvalue weighted by molar-refractivity contribution is 14.1. The van der Waals surface area contributed by atoms with Gasteiger partial charge in [0, 0.05) is 27.1 Å². The maximum Gasteiger partial charge on any atom is 0.160 e. The first-order valence-electron chi connectivity index (χ1n) is 14.4. The third-order valence-corrected chi connectivity index (χ3v) is 7.84. The van der Waals surface area contributed by atoms with Crippen LogP contribution in [0.1, 0.15) is 128 Å². The van der Waals surface area contributed by atoms with Crippen molar-refractivity contribution in [2.24, 2.45) is 0 Å². The van der Waals surface area contributed by atoms with Gasteiger partial charge in [-0.15, -0.1) is 0 Å². The summed E-state index contributed by atoms with van der Waals surface area (Å²) in [6.45, 7) is 0. The summed E-state index contributed by atoms with van der Waals surface area (Å²) >= 11 is 4.95. The number of methoxy groups -OCH3 is 2. The van der Waals surface area contributed by atoms with Crippen LogP contribution in [0.5, 0.6) is 0 Å². The second kappa shape index (κ2) is 31.0. The van der Waals surface area contributed by atoms with Crippen molar-refractivity contribution in [1.82, 2.24) is 0 Å². The van der Waals surface area contributed by atoms with Gasteiger partial charge in [-0.3, -0.25) is 0 Å². The van der Waals surface area contributed by atoms with Gasteiger partial charge in [-0.1, -0.05) is 134 Å². The van der Waals surface area contributed by atoms with E-state index in [9.17, 15) is 0 Å². The van der Waals surface area contributed by atoms with E-state index in [2.05, 4.69) is 69.5 Å². The zero-order valence-electron chi connectivity index (χ0n) is 23.0. The molecule has 0 heterocycles. The highest BCUT2D eigenvalue weighted by atomic mass is 127. The Kier molecular flexibility index (Phi) is 31.8. The molecule has 0 rings (SSSR count). The molecular formula is C30H56I2O3. The minimum absolute atomic E-state index is 0.201. The van der Waals surface area contributed by atoms with Crippen molar-refractivity contribution < 1.29 is 14.2 Å². The molecule has 0 aliphatic rings. The average molecular weight is 719 g/mol. The van der Waals surface area contributed by atoms with E-state index in [4.69, 9.17) is 14.2 Å². The first kappa shape index (κ1) is 35.8. The lowest BCUT2D eigenvalue weighted by Gasteiger charge is -2.22. The van der Waals surface area contributed by atoms with Gasteiger partial charge in [0.15, 0.2) is 12.6 Å². The molecular weight excluding hydrogens is 662 g/mol. The number of hydrogen-bond donors (Lipinski definition) is 0. The van der Waals surface area contributed by atoms with Crippen molar-refractivity contribution in [3.8, 4) is 0 Å². The molecule has 2 unspecified atom stereocenters. The molecule has 0 amide bonds. The molecule has 0 aliphatic carbocycles. The molecule has 0 saturated heterocycles. The molecule has 0 N–H and O–H groups in total. The summed E-state index contributed by atoms with van der Waals surface area (Å²) in [5, 5.41) is 0. The molecule has 0 aromatic heterocycles. The Morgan fingerprint density at radius 1 is 0.457 bits per heavy atom. The first-order chi connectivity index (χ1) is 17.3. The van der Waals surface area contributed by atoms with Crippen LogP contribution in [0.25, 0.3) is 0 Å². The summed E-state index contributed by atoms with van der Waals surface area (Å²) in [7, 11) is 3.45. The number of alkyl halides is 2. The maximum atomic E-state index is 6.04. The Labute approximate surface area is 246 Å². The lowest BCUT2D eigenvalue weighted by Crippen LogP contribution is -2.25. The van der Waals surface area contributed by atoms with Crippen molar-refractivity contribution in [3.05, 3.63) is 24.3 Å². The van der Waals surface area contributed by atoms with Gasteiger partial charge in [0.1, 0.15) is 0 Å². The molecule has 5 heteroatoms. The fraction of sp³-hybridized carbons (Fsp3) is 0.867. The van der Waals surface area contributed by atoms with Crippen LogP contribution in [0.15, 0.2) is 24.3 Å². The molecule has 2 atom stereocenters.